The highest BCUT2D eigenvalue weighted by atomic mass is 16.6. The van der Waals surface area contributed by atoms with Crippen LogP contribution in [0.5, 0.6) is 0 Å². The van der Waals surface area contributed by atoms with E-state index in [0.717, 1.165) is 5.56 Å². The largest absolute Gasteiger partial charge is 0.354 e. The summed E-state index contributed by atoms with van der Waals surface area (Å²) in [5, 5.41) is 16.1. The summed E-state index contributed by atoms with van der Waals surface area (Å²) < 4.78 is 0. The minimum atomic E-state index is -0.503. The van der Waals surface area contributed by atoms with E-state index in [0.29, 0.717) is 17.7 Å². The molecule has 2 amide bonds. The van der Waals surface area contributed by atoms with Crippen LogP contribution in [-0.2, 0) is 11.2 Å². The van der Waals surface area contributed by atoms with E-state index < -0.39 is 4.92 Å². The number of rotatable bonds is 7. The van der Waals surface area contributed by atoms with E-state index in [-0.39, 0.29) is 30.5 Å². The number of amides is 2. The summed E-state index contributed by atoms with van der Waals surface area (Å²) in [6, 6.07) is 13.5. The molecule has 0 saturated heterocycles. The van der Waals surface area contributed by atoms with Gasteiger partial charge < -0.3 is 10.6 Å². The van der Waals surface area contributed by atoms with Gasteiger partial charge in [-0.25, -0.2) is 0 Å². The smallest absolute Gasteiger partial charge is 0.269 e. The maximum absolute atomic E-state index is 12.1. The molecule has 130 valence electrons. The molecule has 0 aromatic heterocycles. The molecule has 2 aromatic carbocycles. The Hall–Kier alpha value is -3.22. The molecule has 7 heteroatoms. The van der Waals surface area contributed by atoms with Crippen LogP contribution in [0, 0.1) is 17.0 Å². The average Bonchev–Trinajstić information content (AvgIpc) is 2.59. The minimum absolute atomic E-state index is 0.0535. The zero-order chi connectivity index (χ0) is 18.2. The van der Waals surface area contributed by atoms with Gasteiger partial charge in [-0.15, -0.1) is 0 Å². The van der Waals surface area contributed by atoms with Gasteiger partial charge in [0.25, 0.3) is 11.6 Å². The fourth-order valence-electron chi connectivity index (χ4n) is 2.33. The summed E-state index contributed by atoms with van der Waals surface area (Å²) in [4.78, 5) is 34.1. The third-order valence-corrected chi connectivity index (χ3v) is 3.61. The van der Waals surface area contributed by atoms with Crippen molar-refractivity contribution in [2.45, 2.75) is 13.3 Å². The number of hydrogen-bond acceptors (Lipinski definition) is 4. The fourth-order valence-corrected chi connectivity index (χ4v) is 2.33. The normalized spacial score (nSPS) is 10.1. The van der Waals surface area contributed by atoms with Crippen LogP contribution in [0.3, 0.4) is 0 Å². The third-order valence-electron chi connectivity index (χ3n) is 3.61. The molecule has 2 aromatic rings. The van der Waals surface area contributed by atoms with Gasteiger partial charge in [0.2, 0.25) is 5.91 Å². The standard InChI is InChI=1S/C18H19N3O4/c1-13-11-15(21(24)25)7-8-16(13)18(23)20-10-9-19-17(22)12-14-5-3-2-4-6-14/h2-8,11H,9-10,12H2,1H3,(H,19,22)(H,20,23). The fraction of sp³-hybridized carbons (Fsp3) is 0.222. The van der Waals surface area contributed by atoms with Crippen LogP contribution in [-0.4, -0.2) is 29.8 Å². The summed E-state index contributed by atoms with van der Waals surface area (Å²) in [6.07, 6.45) is 0.288. The number of carbonyl (C=O) groups is 2. The van der Waals surface area contributed by atoms with E-state index >= 15 is 0 Å². The van der Waals surface area contributed by atoms with Gasteiger partial charge in [0.05, 0.1) is 11.3 Å². The molecule has 0 heterocycles. The first-order valence-corrected chi connectivity index (χ1v) is 7.81. The Morgan fingerprint density at radius 1 is 1.04 bits per heavy atom. The Morgan fingerprint density at radius 3 is 2.36 bits per heavy atom. The van der Waals surface area contributed by atoms with Gasteiger partial charge in [0.15, 0.2) is 0 Å². The zero-order valence-corrected chi connectivity index (χ0v) is 13.8. The molecule has 7 nitrogen and oxygen atoms in total. The van der Waals surface area contributed by atoms with Crippen LogP contribution in [0.4, 0.5) is 5.69 Å². The molecule has 0 atom stereocenters. The second-order valence-electron chi connectivity index (χ2n) is 5.52. The second-order valence-corrected chi connectivity index (χ2v) is 5.52. The van der Waals surface area contributed by atoms with E-state index in [4.69, 9.17) is 0 Å². The van der Waals surface area contributed by atoms with Crippen molar-refractivity contribution >= 4 is 17.5 Å². The van der Waals surface area contributed by atoms with Gasteiger partial charge in [-0.2, -0.15) is 0 Å². The Morgan fingerprint density at radius 2 is 1.72 bits per heavy atom. The van der Waals surface area contributed by atoms with Gasteiger partial charge in [-0.05, 0) is 24.1 Å². The number of non-ortho nitro benzene ring substituents is 1. The monoisotopic (exact) mass is 341 g/mol. The van der Waals surface area contributed by atoms with Crippen molar-refractivity contribution in [1.29, 1.82) is 0 Å². The summed E-state index contributed by atoms with van der Waals surface area (Å²) in [5.74, 6) is -0.448. The molecule has 2 N–H and O–H groups in total. The molecule has 0 aliphatic rings. The van der Waals surface area contributed by atoms with Crippen molar-refractivity contribution in [1.82, 2.24) is 10.6 Å². The number of aryl methyl sites for hydroxylation is 1. The number of hydrogen-bond donors (Lipinski definition) is 2. The van der Waals surface area contributed by atoms with Crippen molar-refractivity contribution in [3.05, 3.63) is 75.3 Å². The summed E-state index contributed by atoms with van der Waals surface area (Å²) in [5.41, 5.74) is 1.77. The lowest BCUT2D eigenvalue weighted by Gasteiger charge is -2.09. The Balaban J connectivity index is 1.77. The maximum atomic E-state index is 12.1. The lowest BCUT2D eigenvalue weighted by Crippen LogP contribution is -2.35. The first-order chi connectivity index (χ1) is 12.0. The van der Waals surface area contributed by atoms with E-state index in [9.17, 15) is 19.7 Å². The minimum Gasteiger partial charge on any atom is -0.354 e. The molecule has 0 spiro atoms. The summed E-state index contributed by atoms with van der Waals surface area (Å²) >= 11 is 0. The van der Waals surface area contributed by atoms with Gasteiger partial charge in [0, 0.05) is 30.8 Å². The number of nitrogens with one attached hydrogen (secondary N) is 2. The first kappa shape index (κ1) is 18.1. The molecule has 0 saturated carbocycles. The predicted molar refractivity (Wildman–Crippen MR) is 93.3 cm³/mol. The molecule has 0 radical (unpaired) electrons. The van der Waals surface area contributed by atoms with Gasteiger partial charge >= 0.3 is 0 Å². The number of benzene rings is 2. The van der Waals surface area contributed by atoms with E-state index in [2.05, 4.69) is 10.6 Å². The van der Waals surface area contributed by atoms with Crippen LogP contribution in [0.25, 0.3) is 0 Å². The van der Waals surface area contributed by atoms with Crippen molar-refractivity contribution in [2.75, 3.05) is 13.1 Å². The Labute approximate surface area is 145 Å². The molecule has 2 rings (SSSR count). The van der Waals surface area contributed by atoms with Crippen molar-refractivity contribution in [3.63, 3.8) is 0 Å². The van der Waals surface area contributed by atoms with E-state index in [1.807, 2.05) is 30.3 Å². The quantitative estimate of drug-likeness (QED) is 0.457. The van der Waals surface area contributed by atoms with Gasteiger partial charge in [-0.3, -0.25) is 19.7 Å². The number of nitrogens with zero attached hydrogens (tertiary/aromatic N) is 1. The number of nitro groups is 1. The van der Waals surface area contributed by atoms with E-state index in [1.54, 1.807) is 6.92 Å². The molecule has 25 heavy (non-hydrogen) atoms. The molecular weight excluding hydrogens is 322 g/mol. The van der Waals surface area contributed by atoms with Crippen LogP contribution in [0.15, 0.2) is 48.5 Å². The van der Waals surface area contributed by atoms with Gasteiger partial charge in [-0.1, -0.05) is 30.3 Å². The maximum Gasteiger partial charge on any atom is 0.269 e. The highest BCUT2D eigenvalue weighted by Crippen LogP contribution is 2.16. The molecule has 0 unspecified atom stereocenters. The van der Waals surface area contributed by atoms with E-state index in [1.165, 1.54) is 18.2 Å². The highest BCUT2D eigenvalue weighted by molar-refractivity contribution is 5.95. The Bertz CT molecular complexity index is 775. The third kappa shape index (κ3) is 5.42. The number of carbonyl (C=O) groups excluding carboxylic acids is 2. The molecular formula is C18H19N3O4. The van der Waals surface area contributed by atoms with Crippen LogP contribution in [0.2, 0.25) is 0 Å². The van der Waals surface area contributed by atoms with Crippen molar-refractivity contribution < 1.29 is 14.5 Å². The molecule has 0 aliphatic carbocycles. The first-order valence-electron chi connectivity index (χ1n) is 7.81. The Kier molecular flexibility index (Phi) is 6.22. The summed E-state index contributed by atoms with van der Waals surface area (Å²) in [6.45, 7) is 2.22. The van der Waals surface area contributed by atoms with Crippen LogP contribution in [0.1, 0.15) is 21.5 Å². The SMILES string of the molecule is Cc1cc([N+](=O)[O-])ccc1C(=O)NCCNC(=O)Cc1ccccc1. The van der Waals surface area contributed by atoms with Crippen LogP contribution >= 0.6 is 0 Å². The lowest BCUT2D eigenvalue weighted by atomic mass is 10.1. The lowest BCUT2D eigenvalue weighted by molar-refractivity contribution is -0.384. The van der Waals surface area contributed by atoms with Crippen LogP contribution < -0.4 is 10.6 Å². The number of nitro benzene ring substituents is 1. The molecule has 0 aliphatic heterocycles. The summed E-state index contributed by atoms with van der Waals surface area (Å²) in [7, 11) is 0. The average molecular weight is 341 g/mol. The molecule has 0 bridgehead atoms. The topological polar surface area (TPSA) is 101 Å². The zero-order valence-electron chi connectivity index (χ0n) is 13.8. The highest BCUT2D eigenvalue weighted by Gasteiger charge is 2.13. The second kappa shape index (κ2) is 8.58. The van der Waals surface area contributed by atoms with Crippen molar-refractivity contribution in [3.8, 4) is 0 Å². The predicted octanol–water partition coefficient (Wildman–Crippen LogP) is 1.99. The van der Waals surface area contributed by atoms with Gasteiger partial charge in [0.1, 0.15) is 0 Å². The van der Waals surface area contributed by atoms with Crippen molar-refractivity contribution in [2.24, 2.45) is 0 Å². The molecule has 0 fully saturated rings.